The summed E-state index contributed by atoms with van der Waals surface area (Å²) in [5.74, 6) is 3.90. The summed E-state index contributed by atoms with van der Waals surface area (Å²) in [7, 11) is 1.73. The van der Waals surface area contributed by atoms with Crippen molar-refractivity contribution < 1.29 is 14.4 Å². The van der Waals surface area contributed by atoms with Crippen LogP contribution in [0.3, 0.4) is 0 Å². The van der Waals surface area contributed by atoms with Crippen LogP contribution in [0.15, 0.2) is 30.3 Å². The molecule has 39 heavy (non-hydrogen) atoms. The van der Waals surface area contributed by atoms with E-state index in [2.05, 4.69) is 46.7 Å². The lowest BCUT2D eigenvalue weighted by Gasteiger charge is -2.32. The van der Waals surface area contributed by atoms with Crippen molar-refractivity contribution in [1.29, 1.82) is 0 Å². The molecule has 1 aromatic carbocycles. The van der Waals surface area contributed by atoms with Crippen molar-refractivity contribution in [3.8, 4) is 0 Å². The molecule has 2 aliphatic carbocycles. The first-order chi connectivity index (χ1) is 19.0. The molecule has 3 N–H and O–H groups in total. The molecule has 0 bridgehead atoms. The van der Waals surface area contributed by atoms with Crippen molar-refractivity contribution >= 4 is 23.1 Å². The molecule has 1 amide bonds. The second-order valence-corrected chi connectivity index (χ2v) is 11.5. The number of hydrogen-bond acceptors (Lipinski definition) is 8. The van der Waals surface area contributed by atoms with E-state index in [9.17, 15) is 4.79 Å². The normalized spacial score (nSPS) is 25.1. The second kappa shape index (κ2) is 11.1. The summed E-state index contributed by atoms with van der Waals surface area (Å²) < 4.78 is 8.39. The predicted octanol–water partition coefficient (Wildman–Crippen LogP) is 5.23. The highest BCUT2D eigenvalue weighted by Gasteiger charge is 2.33. The largest absolute Gasteiger partial charge is 0.427 e. The molecule has 3 aromatic rings. The highest BCUT2D eigenvalue weighted by molar-refractivity contribution is 5.84. The van der Waals surface area contributed by atoms with Gasteiger partial charge in [0, 0.05) is 19.7 Å². The Morgan fingerprint density at radius 1 is 1.10 bits per heavy atom. The third-order valence-electron chi connectivity index (χ3n) is 8.81. The van der Waals surface area contributed by atoms with Crippen molar-refractivity contribution in [2.45, 2.75) is 83.6 Å². The zero-order chi connectivity index (χ0) is 26.9. The third kappa shape index (κ3) is 5.32. The summed E-state index contributed by atoms with van der Waals surface area (Å²) in [4.78, 5) is 31.6. The Morgan fingerprint density at radius 2 is 1.87 bits per heavy atom. The van der Waals surface area contributed by atoms with Crippen LogP contribution in [-0.4, -0.2) is 38.8 Å². The van der Waals surface area contributed by atoms with E-state index in [1.807, 2.05) is 18.2 Å². The van der Waals surface area contributed by atoms with Gasteiger partial charge < -0.3 is 19.5 Å². The van der Waals surface area contributed by atoms with E-state index in [4.69, 9.17) is 24.5 Å². The summed E-state index contributed by atoms with van der Waals surface area (Å²) in [5, 5.41) is 6.45. The standard InChI is InChI=1S/C29H39N7O3/c1-17-12-14-19(15-13-17)16-36-22-24(30-18(2)20-10-7-11-20)31-26(27-34-29(37)39-35-27)32-25(22)33-28(36)23(38-3)21-8-5-4-6-9-21/h4-6,8-9,17-20,23,27,35H,7,10-16H2,1-3H3,(H,34,37)(H,30,31,32)/t17?,18-,19?,23?,27?/m1/s1. The Balaban J connectivity index is 1.48. The monoisotopic (exact) mass is 533 g/mol. The van der Waals surface area contributed by atoms with Crippen LogP contribution in [-0.2, 0) is 16.1 Å². The molecule has 2 unspecified atom stereocenters. The van der Waals surface area contributed by atoms with Crippen molar-refractivity contribution in [3.63, 3.8) is 0 Å². The number of amides is 1. The molecule has 0 radical (unpaired) electrons. The van der Waals surface area contributed by atoms with Crippen LogP contribution in [0.25, 0.3) is 11.2 Å². The molecule has 3 atom stereocenters. The van der Waals surface area contributed by atoms with Crippen LogP contribution >= 0.6 is 0 Å². The average Bonchev–Trinajstić information content (AvgIpc) is 3.49. The minimum atomic E-state index is -0.651. The molecular weight excluding hydrogens is 494 g/mol. The summed E-state index contributed by atoms with van der Waals surface area (Å²) >= 11 is 0. The van der Waals surface area contributed by atoms with Crippen molar-refractivity contribution in [1.82, 2.24) is 30.3 Å². The van der Waals surface area contributed by atoms with E-state index < -0.39 is 12.3 Å². The average molecular weight is 534 g/mol. The summed E-state index contributed by atoms with van der Waals surface area (Å²) in [6.45, 7) is 5.41. The molecule has 0 spiro atoms. The fourth-order valence-corrected chi connectivity index (χ4v) is 6.15. The lowest BCUT2D eigenvalue weighted by atomic mass is 9.80. The molecule has 6 rings (SSSR count). The zero-order valence-corrected chi connectivity index (χ0v) is 23.0. The summed E-state index contributed by atoms with van der Waals surface area (Å²) in [6.07, 6.45) is 7.03. The summed E-state index contributed by atoms with van der Waals surface area (Å²) in [6, 6.07) is 10.5. The highest BCUT2D eigenvalue weighted by atomic mass is 16.7. The number of carbonyl (C=O) groups excluding carboxylic acids is 1. The lowest BCUT2D eigenvalue weighted by molar-refractivity contribution is 0.120. The quantitative estimate of drug-likeness (QED) is 0.342. The number of nitrogens with one attached hydrogen (secondary N) is 3. The van der Waals surface area contributed by atoms with Crippen molar-refractivity contribution in [2.75, 3.05) is 12.4 Å². The van der Waals surface area contributed by atoms with Crippen LogP contribution in [0.1, 0.15) is 88.3 Å². The predicted molar refractivity (Wildman–Crippen MR) is 148 cm³/mol. The Kier molecular flexibility index (Phi) is 7.40. The number of anilines is 1. The molecule has 3 heterocycles. The van der Waals surface area contributed by atoms with E-state index >= 15 is 0 Å². The fraction of sp³-hybridized carbons (Fsp3) is 0.586. The Labute approximate surface area is 229 Å². The lowest BCUT2D eigenvalue weighted by Crippen LogP contribution is -2.32. The molecule has 1 saturated heterocycles. The number of hydroxylamine groups is 1. The number of hydrogen-bond donors (Lipinski definition) is 3. The van der Waals surface area contributed by atoms with Gasteiger partial charge in [-0.1, -0.05) is 56.5 Å². The number of aromatic nitrogens is 4. The van der Waals surface area contributed by atoms with Gasteiger partial charge in [-0.3, -0.25) is 5.32 Å². The molecule has 208 valence electrons. The third-order valence-corrected chi connectivity index (χ3v) is 8.81. The van der Waals surface area contributed by atoms with Crippen molar-refractivity contribution in [3.05, 3.63) is 47.5 Å². The zero-order valence-electron chi connectivity index (χ0n) is 23.0. The number of nitrogens with zero attached hydrogens (tertiary/aromatic N) is 4. The molecule has 3 aliphatic rings. The van der Waals surface area contributed by atoms with E-state index in [0.29, 0.717) is 23.3 Å². The van der Waals surface area contributed by atoms with Crippen molar-refractivity contribution in [2.24, 2.45) is 17.8 Å². The van der Waals surface area contributed by atoms with E-state index in [1.54, 1.807) is 7.11 Å². The first-order valence-corrected chi connectivity index (χ1v) is 14.3. The van der Waals surface area contributed by atoms with Crippen LogP contribution in [0.2, 0.25) is 0 Å². The SMILES string of the molecule is COC(c1ccccc1)c1nc2nc(C3NOC(=O)N3)nc(N[C@H](C)C3CCC3)c2n1CC1CCC(C)CC1. The number of benzene rings is 1. The Hall–Kier alpha value is -3.24. The van der Waals surface area contributed by atoms with E-state index in [1.165, 1.54) is 44.9 Å². The van der Waals surface area contributed by atoms with Crippen LogP contribution in [0, 0.1) is 17.8 Å². The van der Waals surface area contributed by atoms with Crippen LogP contribution < -0.4 is 16.1 Å². The number of imidazole rings is 1. The Morgan fingerprint density at radius 3 is 2.51 bits per heavy atom. The van der Waals surface area contributed by atoms with E-state index in [0.717, 1.165) is 35.2 Å². The van der Waals surface area contributed by atoms with Gasteiger partial charge in [0.25, 0.3) is 0 Å². The van der Waals surface area contributed by atoms with Gasteiger partial charge in [0.2, 0.25) is 0 Å². The minimum absolute atomic E-state index is 0.252. The molecule has 10 heteroatoms. The number of ether oxygens (including phenoxy) is 1. The van der Waals surface area contributed by atoms with Gasteiger partial charge in [0.1, 0.15) is 17.4 Å². The maximum Gasteiger partial charge on any atom is 0.427 e. The van der Waals surface area contributed by atoms with Crippen LogP contribution in [0.5, 0.6) is 0 Å². The molecular formula is C29H39N7O3. The Bertz CT molecular complexity index is 1300. The van der Waals surface area contributed by atoms with Crippen LogP contribution in [0.4, 0.5) is 10.6 Å². The maximum absolute atomic E-state index is 11.8. The number of fused-ring (bicyclic) bond motifs is 1. The van der Waals surface area contributed by atoms with Gasteiger partial charge in [-0.2, -0.15) is 0 Å². The summed E-state index contributed by atoms with van der Waals surface area (Å²) in [5.41, 5.74) is 5.21. The van der Waals surface area contributed by atoms with Gasteiger partial charge >= 0.3 is 6.09 Å². The van der Waals surface area contributed by atoms with Gasteiger partial charge in [-0.15, -0.1) is 5.48 Å². The highest BCUT2D eigenvalue weighted by Crippen LogP contribution is 2.37. The molecule has 1 aliphatic heterocycles. The van der Waals surface area contributed by atoms with Gasteiger partial charge in [-0.25, -0.2) is 19.7 Å². The first kappa shape index (κ1) is 26.0. The smallest absolute Gasteiger partial charge is 0.369 e. The number of carbonyl (C=O) groups is 1. The molecule has 3 fully saturated rings. The molecule has 10 nitrogen and oxygen atoms in total. The maximum atomic E-state index is 11.8. The number of methoxy groups -OCH3 is 1. The topological polar surface area (TPSA) is 115 Å². The minimum Gasteiger partial charge on any atom is -0.369 e. The molecule has 2 aromatic heterocycles. The van der Waals surface area contributed by atoms with Gasteiger partial charge in [-0.05, 0) is 55.9 Å². The van der Waals surface area contributed by atoms with Gasteiger partial charge in [0.15, 0.2) is 23.5 Å². The number of rotatable bonds is 9. The second-order valence-electron chi connectivity index (χ2n) is 11.5. The molecule has 2 saturated carbocycles. The fourth-order valence-electron chi connectivity index (χ4n) is 6.15. The van der Waals surface area contributed by atoms with E-state index in [-0.39, 0.29) is 12.1 Å². The van der Waals surface area contributed by atoms with Gasteiger partial charge in [0.05, 0.1) is 0 Å². The first-order valence-electron chi connectivity index (χ1n) is 14.3.